The fourth-order valence-electron chi connectivity index (χ4n) is 1.54. The third kappa shape index (κ3) is 2.38. The van der Waals surface area contributed by atoms with E-state index in [1.54, 1.807) is 0 Å². The van der Waals surface area contributed by atoms with Gasteiger partial charge in [0, 0.05) is 13.5 Å². The van der Waals surface area contributed by atoms with Gasteiger partial charge in [-0.05, 0) is 24.7 Å². The van der Waals surface area contributed by atoms with Crippen molar-refractivity contribution in [3.05, 3.63) is 29.7 Å². The molecule has 4 heteroatoms. The number of aromatic nitrogens is 1. The molecule has 2 aromatic rings. The summed E-state index contributed by atoms with van der Waals surface area (Å²) in [5.41, 5.74) is 3.91. The molecule has 0 N–H and O–H groups in total. The molecule has 0 aliphatic rings. The molecule has 0 bridgehead atoms. The summed E-state index contributed by atoms with van der Waals surface area (Å²) in [7, 11) is 2.06. The lowest BCUT2D eigenvalue weighted by molar-refractivity contribution is 0.390. The second-order valence-electron chi connectivity index (χ2n) is 3.67. The Morgan fingerprint density at radius 2 is 2.27 bits per heavy atom. The van der Waals surface area contributed by atoms with E-state index in [9.17, 15) is 0 Å². The minimum atomic E-state index is 0.719. The summed E-state index contributed by atoms with van der Waals surface area (Å²) in [5, 5.41) is 0. The molecule has 0 atom stereocenters. The van der Waals surface area contributed by atoms with Crippen molar-refractivity contribution in [2.24, 2.45) is 0 Å². The SMILES string of the molecule is Cc1nc2cc(CN(C)CBr)ccc2o1. The number of oxazole rings is 1. The van der Waals surface area contributed by atoms with Crippen LogP contribution in [-0.4, -0.2) is 22.4 Å². The number of hydrogen-bond acceptors (Lipinski definition) is 3. The number of rotatable bonds is 3. The summed E-state index contributed by atoms with van der Waals surface area (Å²) in [6.07, 6.45) is 0. The molecule has 0 unspecified atom stereocenters. The highest BCUT2D eigenvalue weighted by Crippen LogP contribution is 2.17. The maximum atomic E-state index is 5.42. The van der Waals surface area contributed by atoms with E-state index in [-0.39, 0.29) is 0 Å². The molecule has 15 heavy (non-hydrogen) atoms. The summed E-state index contributed by atoms with van der Waals surface area (Å²) < 4.78 is 5.42. The van der Waals surface area contributed by atoms with Gasteiger partial charge in [-0.2, -0.15) is 0 Å². The maximum absolute atomic E-state index is 5.42. The molecule has 2 rings (SSSR count). The van der Waals surface area contributed by atoms with E-state index in [1.165, 1.54) is 5.56 Å². The van der Waals surface area contributed by atoms with Gasteiger partial charge >= 0.3 is 0 Å². The Kier molecular flexibility index (Phi) is 3.07. The number of hydrogen-bond donors (Lipinski definition) is 0. The van der Waals surface area contributed by atoms with E-state index in [4.69, 9.17) is 4.42 Å². The zero-order valence-corrected chi connectivity index (χ0v) is 10.4. The van der Waals surface area contributed by atoms with Gasteiger partial charge in [-0.1, -0.05) is 22.0 Å². The van der Waals surface area contributed by atoms with Crippen LogP contribution in [0.5, 0.6) is 0 Å². The molecule has 1 aromatic heterocycles. The molecule has 1 heterocycles. The number of aryl methyl sites for hydroxylation is 1. The van der Waals surface area contributed by atoms with Crippen molar-refractivity contribution in [2.45, 2.75) is 13.5 Å². The Labute approximate surface area is 97.2 Å². The zero-order chi connectivity index (χ0) is 10.8. The van der Waals surface area contributed by atoms with E-state index >= 15 is 0 Å². The topological polar surface area (TPSA) is 29.3 Å². The fourth-order valence-corrected chi connectivity index (χ4v) is 1.72. The van der Waals surface area contributed by atoms with Crippen molar-refractivity contribution in [2.75, 3.05) is 12.5 Å². The van der Waals surface area contributed by atoms with Crippen LogP contribution in [0.2, 0.25) is 0 Å². The molecule has 0 aliphatic heterocycles. The molecular weight excluding hydrogens is 256 g/mol. The van der Waals surface area contributed by atoms with Crippen LogP contribution in [-0.2, 0) is 6.54 Å². The highest BCUT2D eigenvalue weighted by atomic mass is 79.9. The molecule has 0 saturated carbocycles. The van der Waals surface area contributed by atoms with Crippen molar-refractivity contribution in [3.63, 3.8) is 0 Å². The van der Waals surface area contributed by atoms with E-state index in [0.29, 0.717) is 0 Å². The Morgan fingerprint density at radius 3 is 3.00 bits per heavy atom. The first kappa shape index (κ1) is 10.6. The highest BCUT2D eigenvalue weighted by Gasteiger charge is 2.04. The van der Waals surface area contributed by atoms with Crippen LogP contribution in [0, 0.1) is 6.92 Å². The third-order valence-corrected chi connectivity index (χ3v) is 3.07. The molecule has 0 spiro atoms. The van der Waals surface area contributed by atoms with Crippen LogP contribution < -0.4 is 0 Å². The van der Waals surface area contributed by atoms with E-state index in [1.807, 2.05) is 13.0 Å². The van der Waals surface area contributed by atoms with Gasteiger partial charge in [-0.3, -0.25) is 4.90 Å². The monoisotopic (exact) mass is 268 g/mol. The standard InChI is InChI=1S/C11H13BrN2O/c1-8-13-10-5-9(6-14(2)7-12)3-4-11(10)15-8/h3-5H,6-7H2,1-2H3. The number of nitrogens with zero attached hydrogens (tertiary/aromatic N) is 2. The lowest BCUT2D eigenvalue weighted by atomic mass is 10.2. The lowest BCUT2D eigenvalue weighted by Crippen LogP contribution is -2.14. The minimum Gasteiger partial charge on any atom is -0.441 e. The van der Waals surface area contributed by atoms with Crippen LogP contribution >= 0.6 is 15.9 Å². The summed E-state index contributed by atoms with van der Waals surface area (Å²) >= 11 is 3.42. The lowest BCUT2D eigenvalue weighted by Gasteiger charge is -2.12. The van der Waals surface area contributed by atoms with Gasteiger partial charge in [0.1, 0.15) is 5.52 Å². The minimum absolute atomic E-state index is 0.719. The van der Waals surface area contributed by atoms with Gasteiger partial charge in [-0.25, -0.2) is 4.98 Å². The predicted molar refractivity (Wildman–Crippen MR) is 64.0 cm³/mol. The molecule has 0 aliphatic carbocycles. The zero-order valence-electron chi connectivity index (χ0n) is 8.83. The van der Waals surface area contributed by atoms with E-state index in [0.717, 1.165) is 29.0 Å². The van der Waals surface area contributed by atoms with Crippen LogP contribution in [0.1, 0.15) is 11.5 Å². The Bertz CT molecular complexity index is 467. The van der Waals surface area contributed by atoms with Crippen molar-refractivity contribution in [1.82, 2.24) is 9.88 Å². The Hall–Kier alpha value is -0.870. The summed E-state index contributed by atoms with van der Waals surface area (Å²) in [6, 6.07) is 6.13. The van der Waals surface area contributed by atoms with Crippen molar-refractivity contribution >= 4 is 27.0 Å². The smallest absolute Gasteiger partial charge is 0.192 e. The fraction of sp³-hybridized carbons (Fsp3) is 0.364. The molecule has 80 valence electrons. The van der Waals surface area contributed by atoms with E-state index in [2.05, 4.69) is 45.0 Å². The predicted octanol–water partition coefficient (Wildman–Crippen LogP) is 2.92. The Balaban J connectivity index is 2.30. The maximum Gasteiger partial charge on any atom is 0.192 e. The summed E-state index contributed by atoms with van der Waals surface area (Å²) in [5.74, 6) is 0.719. The van der Waals surface area contributed by atoms with Crippen LogP contribution in [0.15, 0.2) is 22.6 Å². The molecule has 0 fully saturated rings. The normalized spacial score (nSPS) is 11.5. The number of fused-ring (bicyclic) bond motifs is 1. The van der Waals surface area contributed by atoms with Crippen LogP contribution in [0.25, 0.3) is 11.1 Å². The second kappa shape index (κ2) is 4.33. The number of halogens is 1. The number of alkyl halides is 1. The van der Waals surface area contributed by atoms with Gasteiger partial charge < -0.3 is 4.42 Å². The van der Waals surface area contributed by atoms with E-state index < -0.39 is 0 Å². The Morgan fingerprint density at radius 1 is 1.47 bits per heavy atom. The molecular formula is C11H13BrN2O. The van der Waals surface area contributed by atoms with Crippen LogP contribution in [0.4, 0.5) is 0 Å². The van der Waals surface area contributed by atoms with Gasteiger partial charge in [0.2, 0.25) is 0 Å². The summed E-state index contributed by atoms with van der Waals surface area (Å²) in [4.78, 5) is 6.48. The first-order valence-corrected chi connectivity index (χ1v) is 5.92. The van der Waals surface area contributed by atoms with Crippen molar-refractivity contribution in [1.29, 1.82) is 0 Å². The van der Waals surface area contributed by atoms with Gasteiger partial charge in [0.15, 0.2) is 11.5 Å². The van der Waals surface area contributed by atoms with Gasteiger partial charge in [-0.15, -0.1) is 0 Å². The largest absolute Gasteiger partial charge is 0.441 e. The van der Waals surface area contributed by atoms with Crippen molar-refractivity contribution in [3.8, 4) is 0 Å². The quantitative estimate of drug-likeness (QED) is 0.633. The first-order chi connectivity index (χ1) is 7.19. The van der Waals surface area contributed by atoms with Gasteiger partial charge in [0.05, 0.1) is 5.45 Å². The average molecular weight is 269 g/mol. The average Bonchev–Trinajstić information content (AvgIpc) is 2.57. The van der Waals surface area contributed by atoms with Crippen molar-refractivity contribution < 1.29 is 4.42 Å². The molecule has 0 saturated heterocycles. The second-order valence-corrected chi connectivity index (χ2v) is 4.17. The van der Waals surface area contributed by atoms with Crippen LogP contribution in [0.3, 0.4) is 0 Å². The molecule has 0 amide bonds. The van der Waals surface area contributed by atoms with Gasteiger partial charge in [0.25, 0.3) is 0 Å². The first-order valence-electron chi connectivity index (χ1n) is 4.79. The molecule has 0 radical (unpaired) electrons. The highest BCUT2D eigenvalue weighted by molar-refractivity contribution is 9.09. The third-order valence-electron chi connectivity index (χ3n) is 2.22. The molecule has 3 nitrogen and oxygen atoms in total. The number of benzene rings is 1. The summed E-state index contributed by atoms with van der Waals surface area (Å²) in [6.45, 7) is 2.78. The molecule has 1 aromatic carbocycles.